The van der Waals surface area contributed by atoms with Gasteiger partial charge in [0.25, 0.3) is 0 Å². The van der Waals surface area contributed by atoms with Crippen LogP contribution in [0.5, 0.6) is 5.75 Å². The molecule has 0 bridgehead atoms. The van der Waals surface area contributed by atoms with Gasteiger partial charge >= 0.3 is 0 Å². The Balaban J connectivity index is 1.96. The zero-order chi connectivity index (χ0) is 18.2. The molecule has 0 aliphatic carbocycles. The number of ketones is 1. The molecule has 0 aliphatic heterocycles. The SMILES string of the molecule is CC(C)C[C@@H](Cc1ccc(OCc2ccccc2)cc1)C(=O)C(C)C. The lowest BCUT2D eigenvalue weighted by Crippen LogP contribution is -2.23. The van der Waals surface area contributed by atoms with Gasteiger partial charge in [0, 0.05) is 11.8 Å². The number of Topliss-reactive ketones (excluding diaryl/α,β-unsaturated/α-hetero) is 1. The fraction of sp³-hybridized carbons (Fsp3) is 0.435. The first kappa shape index (κ1) is 19.2. The zero-order valence-corrected chi connectivity index (χ0v) is 15.9. The number of rotatable bonds is 9. The van der Waals surface area contributed by atoms with Crippen LogP contribution in [0.15, 0.2) is 54.6 Å². The molecule has 2 nitrogen and oxygen atoms in total. The van der Waals surface area contributed by atoms with E-state index < -0.39 is 0 Å². The molecule has 25 heavy (non-hydrogen) atoms. The molecule has 0 saturated carbocycles. The quantitative estimate of drug-likeness (QED) is 0.586. The lowest BCUT2D eigenvalue weighted by atomic mass is 9.84. The standard InChI is InChI=1S/C23H30O2/c1-17(2)14-21(23(24)18(3)4)15-19-10-12-22(13-11-19)25-16-20-8-6-5-7-9-20/h5-13,17-18,21H,14-16H2,1-4H3/t21-/m0/s1. The molecule has 0 saturated heterocycles. The van der Waals surface area contributed by atoms with Gasteiger partial charge in [-0.15, -0.1) is 0 Å². The van der Waals surface area contributed by atoms with E-state index in [-0.39, 0.29) is 11.8 Å². The van der Waals surface area contributed by atoms with Crippen molar-refractivity contribution in [1.29, 1.82) is 0 Å². The first-order chi connectivity index (χ1) is 12.0. The largest absolute Gasteiger partial charge is 0.489 e. The summed E-state index contributed by atoms with van der Waals surface area (Å²) in [7, 11) is 0. The Bertz CT molecular complexity index is 642. The highest BCUT2D eigenvalue weighted by Crippen LogP contribution is 2.23. The average Bonchev–Trinajstić information content (AvgIpc) is 2.60. The third-order valence-corrected chi connectivity index (χ3v) is 4.38. The van der Waals surface area contributed by atoms with Crippen molar-refractivity contribution in [2.24, 2.45) is 17.8 Å². The summed E-state index contributed by atoms with van der Waals surface area (Å²) in [6.07, 6.45) is 1.76. The molecule has 134 valence electrons. The normalized spacial score (nSPS) is 12.4. The summed E-state index contributed by atoms with van der Waals surface area (Å²) in [5.41, 5.74) is 2.36. The van der Waals surface area contributed by atoms with Crippen molar-refractivity contribution in [2.75, 3.05) is 0 Å². The van der Waals surface area contributed by atoms with Crippen molar-refractivity contribution in [3.8, 4) is 5.75 Å². The molecule has 2 aromatic rings. The smallest absolute Gasteiger partial charge is 0.138 e. The summed E-state index contributed by atoms with van der Waals surface area (Å²) < 4.78 is 5.84. The highest BCUT2D eigenvalue weighted by atomic mass is 16.5. The molecule has 2 aromatic carbocycles. The molecular weight excluding hydrogens is 308 g/mol. The van der Waals surface area contributed by atoms with Gasteiger partial charge in [-0.25, -0.2) is 0 Å². The van der Waals surface area contributed by atoms with Crippen molar-refractivity contribution in [3.05, 3.63) is 65.7 Å². The minimum absolute atomic E-state index is 0.0947. The molecule has 0 fully saturated rings. The molecule has 2 rings (SSSR count). The van der Waals surface area contributed by atoms with Crippen LogP contribution in [-0.4, -0.2) is 5.78 Å². The summed E-state index contributed by atoms with van der Waals surface area (Å²) in [4.78, 5) is 12.5. The number of hydrogen-bond acceptors (Lipinski definition) is 2. The third kappa shape index (κ3) is 6.38. The summed E-state index contributed by atoms with van der Waals surface area (Å²) in [6, 6.07) is 18.3. The van der Waals surface area contributed by atoms with Crippen LogP contribution in [0.4, 0.5) is 0 Å². The van der Waals surface area contributed by atoms with Crippen LogP contribution in [-0.2, 0) is 17.8 Å². The maximum atomic E-state index is 12.5. The second kappa shape index (κ2) is 9.41. The second-order valence-electron chi connectivity index (χ2n) is 7.51. The lowest BCUT2D eigenvalue weighted by molar-refractivity contribution is -0.126. The van der Waals surface area contributed by atoms with Gasteiger partial charge in [0.1, 0.15) is 18.1 Å². The van der Waals surface area contributed by atoms with E-state index in [1.165, 1.54) is 5.56 Å². The van der Waals surface area contributed by atoms with Crippen LogP contribution in [0, 0.1) is 17.8 Å². The van der Waals surface area contributed by atoms with Gasteiger partial charge in [-0.2, -0.15) is 0 Å². The molecule has 0 heterocycles. The molecule has 0 aromatic heterocycles. The van der Waals surface area contributed by atoms with Crippen LogP contribution in [0.2, 0.25) is 0 Å². The molecule has 0 amide bonds. The Morgan fingerprint density at radius 1 is 0.880 bits per heavy atom. The molecule has 0 N–H and O–H groups in total. The Hall–Kier alpha value is -2.09. The van der Waals surface area contributed by atoms with Crippen molar-refractivity contribution in [1.82, 2.24) is 0 Å². The maximum absolute atomic E-state index is 12.5. The van der Waals surface area contributed by atoms with Crippen LogP contribution in [0.1, 0.15) is 45.2 Å². The van der Waals surface area contributed by atoms with E-state index in [1.807, 2.05) is 44.2 Å². The van der Waals surface area contributed by atoms with E-state index in [4.69, 9.17) is 4.74 Å². The van der Waals surface area contributed by atoms with Gasteiger partial charge in [0.2, 0.25) is 0 Å². The Morgan fingerprint density at radius 3 is 2.08 bits per heavy atom. The van der Waals surface area contributed by atoms with E-state index >= 15 is 0 Å². The summed E-state index contributed by atoms with van der Waals surface area (Å²) >= 11 is 0. The number of benzene rings is 2. The van der Waals surface area contributed by atoms with Crippen molar-refractivity contribution >= 4 is 5.78 Å². The number of ether oxygens (including phenoxy) is 1. The summed E-state index contributed by atoms with van der Waals surface area (Å²) in [5, 5.41) is 0. The number of carbonyl (C=O) groups excluding carboxylic acids is 1. The molecular formula is C23H30O2. The highest BCUT2D eigenvalue weighted by Gasteiger charge is 2.22. The molecule has 0 radical (unpaired) electrons. The zero-order valence-electron chi connectivity index (χ0n) is 15.9. The second-order valence-corrected chi connectivity index (χ2v) is 7.51. The van der Waals surface area contributed by atoms with Crippen molar-refractivity contribution in [2.45, 2.75) is 47.1 Å². The topological polar surface area (TPSA) is 26.3 Å². The van der Waals surface area contributed by atoms with E-state index in [1.54, 1.807) is 0 Å². The Kier molecular flexibility index (Phi) is 7.24. The van der Waals surface area contributed by atoms with E-state index in [2.05, 4.69) is 38.1 Å². The van der Waals surface area contributed by atoms with Gasteiger partial charge in [0.05, 0.1) is 0 Å². The van der Waals surface area contributed by atoms with Crippen LogP contribution < -0.4 is 4.74 Å². The predicted octanol–water partition coefficient (Wildman–Crippen LogP) is 5.70. The molecule has 0 unspecified atom stereocenters. The number of hydrogen-bond donors (Lipinski definition) is 0. The molecule has 1 atom stereocenters. The van der Waals surface area contributed by atoms with Crippen LogP contribution in [0.25, 0.3) is 0 Å². The first-order valence-electron chi connectivity index (χ1n) is 9.25. The first-order valence-corrected chi connectivity index (χ1v) is 9.25. The minimum atomic E-state index is 0.0947. The van der Waals surface area contributed by atoms with Gasteiger partial charge < -0.3 is 4.74 Å². The van der Waals surface area contributed by atoms with Gasteiger partial charge in [-0.1, -0.05) is 70.2 Å². The molecule has 2 heteroatoms. The lowest BCUT2D eigenvalue weighted by Gasteiger charge is -2.20. The summed E-state index contributed by atoms with van der Waals surface area (Å²) in [6.45, 7) is 8.93. The van der Waals surface area contributed by atoms with Gasteiger partial charge in [-0.3, -0.25) is 4.79 Å². The minimum Gasteiger partial charge on any atom is -0.489 e. The fourth-order valence-corrected chi connectivity index (χ4v) is 3.09. The average molecular weight is 338 g/mol. The third-order valence-electron chi connectivity index (χ3n) is 4.38. The van der Waals surface area contributed by atoms with Crippen LogP contribution >= 0.6 is 0 Å². The van der Waals surface area contributed by atoms with Gasteiger partial charge in [-0.05, 0) is 42.0 Å². The van der Waals surface area contributed by atoms with Crippen LogP contribution in [0.3, 0.4) is 0 Å². The molecule has 0 aliphatic rings. The van der Waals surface area contributed by atoms with E-state index in [9.17, 15) is 4.79 Å². The van der Waals surface area contributed by atoms with Crippen molar-refractivity contribution in [3.63, 3.8) is 0 Å². The van der Waals surface area contributed by atoms with E-state index in [0.29, 0.717) is 18.3 Å². The predicted molar refractivity (Wildman–Crippen MR) is 104 cm³/mol. The molecule has 0 spiro atoms. The van der Waals surface area contributed by atoms with E-state index in [0.717, 1.165) is 24.2 Å². The monoisotopic (exact) mass is 338 g/mol. The Morgan fingerprint density at radius 2 is 1.52 bits per heavy atom. The fourth-order valence-electron chi connectivity index (χ4n) is 3.09. The number of carbonyl (C=O) groups is 1. The summed E-state index contributed by atoms with van der Waals surface area (Å²) in [5.74, 6) is 1.97. The van der Waals surface area contributed by atoms with Crippen molar-refractivity contribution < 1.29 is 9.53 Å². The Labute approximate surface area is 152 Å². The highest BCUT2D eigenvalue weighted by molar-refractivity contribution is 5.83. The maximum Gasteiger partial charge on any atom is 0.138 e. The van der Waals surface area contributed by atoms with Gasteiger partial charge in [0.15, 0.2) is 0 Å².